The molecule has 0 aliphatic heterocycles. The molecular formula is C36H57ClN4O5. The maximum atomic E-state index is 13.2. The molecule has 0 aliphatic rings. The Kier molecular flexibility index (Phi) is 17.2. The van der Waals surface area contributed by atoms with E-state index in [1.807, 2.05) is 84.0 Å². The standard InChI is InChI=1S/C36H56N4O5.ClH/c1-11-27(19-32(41)44-35(25(8)9)45-34(42)33(37)24(6)7)28-14-17-31(40(20-22(2)3)21-23(4)5)30(18-28)39-36(43)38-29-15-12-26(10)13-16-29;/h12-18,22-25,27,33,35H,11,19-21,37H2,1-10H3,(H2,38,39,43);1H/t27-,33-,35?;/m0./s1. The second-order valence-corrected chi connectivity index (χ2v) is 13.5. The van der Waals surface area contributed by atoms with E-state index in [0.717, 1.165) is 29.9 Å². The van der Waals surface area contributed by atoms with E-state index in [-0.39, 0.29) is 42.6 Å². The molecule has 0 aliphatic carbocycles. The predicted octanol–water partition coefficient (Wildman–Crippen LogP) is 8.11. The van der Waals surface area contributed by atoms with E-state index < -0.39 is 24.3 Å². The number of hydrogen-bond acceptors (Lipinski definition) is 7. The number of aryl methyl sites for hydroxylation is 1. The highest BCUT2D eigenvalue weighted by Crippen LogP contribution is 2.34. The summed E-state index contributed by atoms with van der Waals surface area (Å²) in [5.74, 6) is -0.769. The minimum atomic E-state index is -1.03. The van der Waals surface area contributed by atoms with Gasteiger partial charge in [0, 0.05) is 24.7 Å². The zero-order valence-corrected chi connectivity index (χ0v) is 30.2. The van der Waals surface area contributed by atoms with Gasteiger partial charge in [0.1, 0.15) is 6.04 Å². The first kappa shape index (κ1) is 40.7. The Morgan fingerprint density at radius 1 is 0.826 bits per heavy atom. The number of carbonyl (C=O) groups is 3. The number of nitrogens with two attached hydrogens (primary N) is 1. The molecule has 0 heterocycles. The Hall–Kier alpha value is -3.30. The Labute approximate surface area is 282 Å². The molecule has 2 rings (SSSR count). The zero-order valence-electron chi connectivity index (χ0n) is 29.4. The number of amides is 2. The van der Waals surface area contributed by atoms with Crippen molar-refractivity contribution in [3.05, 3.63) is 53.6 Å². The minimum absolute atomic E-state index is 0. The predicted molar refractivity (Wildman–Crippen MR) is 191 cm³/mol. The van der Waals surface area contributed by atoms with E-state index in [0.29, 0.717) is 29.6 Å². The van der Waals surface area contributed by atoms with E-state index >= 15 is 0 Å². The highest BCUT2D eigenvalue weighted by atomic mass is 35.5. The third kappa shape index (κ3) is 13.2. The molecule has 0 saturated heterocycles. The zero-order chi connectivity index (χ0) is 33.8. The van der Waals surface area contributed by atoms with Crippen LogP contribution in [0.3, 0.4) is 0 Å². The molecular weight excluding hydrogens is 604 g/mol. The number of nitrogens with zero attached hydrogens (tertiary/aromatic N) is 1. The van der Waals surface area contributed by atoms with Gasteiger partial charge in [-0.3, -0.25) is 9.59 Å². The number of ether oxygens (including phenoxy) is 2. The van der Waals surface area contributed by atoms with Crippen LogP contribution in [0, 0.1) is 30.6 Å². The summed E-state index contributed by atoms with van der Waals surface area (Å²) in [4.78, 5) is 41.2. The van der Waals surface area contributed by atoms with Gasteiger partial charge in [0.25, 0.3) is 0 Å². The molecule has 46 heavy (non-hydrogen) atoms. The summed E-state index contributed by atoms with van der Waals surface area (Å²) in [6.45, 7) is 21.7. The summed E-state index contributed by atoms with van der Waals surface area (Å²) < 4.78 is 11.1. The highest BCUT2D eigenvalue weighted by Gasteiger charge is 2.28. The van der Waals surface area contributed by atoms with Crippen LogP contribution < -0.4 is 21.3 Å². The lowest BCUT2D eigenvalue weighted by Crippen LogP contribution is -2.41. The maximum absolute atomic E-state index is 13.2. The van der Waals surface area contributed by atoms with E-state index in [1.54, 1.807) is 0 Å². The molecule has 0 spiro atoms. The molecule has 0 saturated carbocycles. The van der Waals surface area contributed by atoms with Crippen molar-refractivity contribution in [3.8, 4) is 0 Å². The average molecular weight is 661 g/mol. The maximum Gasteiger partial charge on any atom is 0.326 e. The molecule has 9 nitrogen and oxygen atoms in total. The van der Waals surface area contributed by atoms with Crippen LogP contribution >= 0.6 is 12.4 Å². The second-order valence-electron chi connectivity index (χ2n) is 13.5. The molecule has 2 aromatic rings. The third-order valence-corrected chi connectivity index (χ3v) is 7.48. The molecule has 0 aromatic heterocycles. The van der Waals surface area contributed by atoms with Gasteiger partial charge in [0.2, 0.25) is 6.29 Å². The fourth-order valence-corrected chi connectivity index (χ4v) is 4.90. The number of rotatable bonds is 16. The number of esters is 2. The lowest BCUT2D eigenvalue weighted by Gasteiger charge is -2.31. The number of benzene rings is 2. The number of halogens is 1. The summed E-state index contributed by atoms with van der Waals surface area (Å²) in [6, 6.07) is 12.5. The topological polar surface area (TPSA) is 123 Å². The number of nitrogens with one attached hydrogen (secondary N) is 2. The van der Waals surface area contributed by atoms with Crippen molar-refractivity contribution >= 4 is 47.4 Å². The van der Waals surface area contributed by atoms with Gasteiger partial charge in [-0.05, 0) is 66.8 Å². The van der Waals surface area contributed by atoms with Crippen LogP contribution in [0.1, 0.15) is 92.2 Å². The first-order chi connectivity index (χ1) is 21.1. The molecule has 3 atom stereocenters. The van der Waals surface area contributed by atoms with E-state index in [4.69, 9.17) is 15.2 Å². The van der Waals surface area contributed by atoms with Crippen molar-refractivity contribution in [1.82, 2.24) is 0 Å². The van der Waals surface area contributed by atoms with Crippen LogP contribution in [0.25, 0.3) is 0 Å². The van der Waals surface area contributed by atoms with Gasteiger partial charge in [0.05, 0.1) is 17.8 Å². The molecule has 2 amide bonds. The number of hydrogen-bond donors (Lipinski definition) is 3. The third-order valence-electron chi connectivity index (χ3n) is 7.48. The summed E-state index contributed by atoms with van der Waals surface area (Å²) >= 11 is 0. The second kappa shape index (κ2) is 19.4. The summed E-state index contributed by atoms with van der Waals surface area (Å²) in [5.41, 5.74) is 10.2. The van der Waals surface area contributed by atoms with Gasteiger partial charge in [0.15, 0.2) is 0 Å². The number of urea groups is 1. The molecule has 0 fully saturated rings. The number of carbonyl (C=O) groups excluding carboxylic acids is 3. The largest absolute Gasteiger partial charge is 0.425 e. The van der Waals surface area contributed by atoms with Gasteiger partial charge in [-0.2, -0.15) is 0 Å². The van der Waals surface area contributed by atoms with Gasteiger partial charge in [-0.1, -0.05) is 86.1 Å². The highest BCUT2D eigenvalue weighted by molar-refractivity contribution is 6.02. The quantitative estimate of drug-likeness (QED) is 0.123. The molecule has 0 bridgehead atoms. The molecule has 0 radical (unpaired) electrons. The van der Waals surface area contributed by atoms with Crippen molar-refractivity contribution in [2.24, 2.45) is 29.4 Å². The van der Waals surface area contributed by atoms with Crippen LogP contribution in [0.5, 0.6) is 0 Å². The van der Waals surface area contributed by atoms with Crippen molar-refractivity contribution < 1.29 is 23.9 Å². The van der Waals surface area contributed by atoms with Gasteiger partial charge >= 0.3 is 18.0 Å². The fraction of sp³-hybridized carbons (Fsp3) is 0.583. The molecule has 1 unspecified atom stereocenters. The van der Waals surface area contributed by atoms with Gasteiger partial charge < -0.3 is 30.7 Å². The van der Waals surface area contributed by atoms with Crippen molar-refractivity contribution in [2.75, 3.05) is 28.6 Å². The molecule has 10 heteroatoms. The van der Waals surface area contributed by atoms with Crippen molar-refractivity contribution in [3.63, 3.8) is 0 Å². The Balaban J connectivity index is 0.0000106. The lowest BCUT2D eigenvalue weighted by molar-refractivity contribution is -0.197. The monoisotopic (exact) mass is 660 g/mol. The first-order valence-corrected chi connectivity index (χ1v) is 16.3. The Morgan fingerprint density at radius 3 is 1.91 bits per heavy atom. The normalized spacial score (nSPS) is 13.2. The van der Waals surface area contributed by atoms with Gasteiger partial charge in [-0.25, -0.2) is 4.79 Å². The van der Waals surface area contributed by atoms with Crippen LogP contribution in [0.2, 0.25) is 0 Å². The summed E-state index contributed by atoms with van der Waals surface area (Å²) in [7, 11) is 0. The van der Waals surface area contributed by atoms with E-state index in [1.165, 1.54) is 0 Å². The molecule has 4 N–H and O–H groups in total. The SMILES string of the molecule is CC[C@@H](CC(=O)OC(OC(=O)[C@@H](N)C(C)C)C(C)C)c1ccc(N(CC(C)C)CC(C)C)c(NC(=O)Nc2ccc(C)cc2)c1.Cl. The summed E-state index contributed by atoms with van der Waals surface area (Å²) in [6.07, 6.45) is -0.281. The smallest absolute Gasteiger partial charge is 0.326 e. The fourth-order valence-electron chi connectivity index (χ4n) is 4.90. The van der Waals surface area contributed by atoms with Crippen LogP contribution in [0.4, 0.5) is 21.9 Å². The lowest BCUT2D eigenvalue weighted by atomic mass is 9.92. The van der Waals surface area contributed by atoms with Crippen LogP contribution in [-0.4, -0.2) is 43.4 Å². The first-order valence-electron chi connectivity index (χ1n) is 16.3. The molecule has 258 valence electrons. The van der Waals surface area contributed by atoms with Crippen LogP contribution in [0.15, 0.2) is 42.5 Å². The Morgan fingerprint density at radius 2 is 1.41 bits per heavy atom. The average Bonchev–Trinajstić information content (AvgIpc) is 2.95. The van der Waals surface area contributed by atoms with Crippen LogP contribution in [-0.2, 0) is 19.1 Å². The van der Waals surface area contributed by atoms with E-state index in [9.17, 15) is 14.4 Å². The van der Waals surface area contributed by atoms with Crippen molar-refractivity contribution in [2.45, 2.75) is 100 Å². The van der Waals surface area contributed by atoms with E-state index in [2.05, 4.69) is 43.2 Å². The number of anilines is 3. The van der Waals surface area contributed by atoms with Gasteiger partial charge in [-0.15, -0.1) is 12.4 Å². The summed E-state index contributed by atoms with van der Waals surface area (Å²) in [5, 5.41) is 6.01. The minimum Gasteiger partial charge on any atom is -0.425 e. The molecule has 2 aromatic carbocycles. The van der Waals surface area contributed by atoms with Crippen molar-refractivity contribution in [1.29, 1.82) is 0 Å². The Bertz CT molecular complexity index is 1240.